The van der Waals surface area contributed by atoms with Crippen LogP contribution in [0.1, 0.15) is 20.3 Å². The number of benzene rings is 2. The van der Waals surface area contributed by atoms with E-state index in [4.69, 9.17) is 4.98 Å². The van der Waals surface area contributed by atoms with Gasteiger partial charge in [0.2, 0.25) is 0 Å². The predicted molar refractivity (Wildman–Crippen MR) is 105 cm³/mol. The molecule has 1 N–H and O–H groups in total. The Balaban J connectivity index is 2.05. The summed E-state index contributed by atoms with van der Waals surface area (Å²) in [6, 6.07) is 13.7. The Kier molecular flexibility index (Phi) is 4.28. The summed E-state index contributed by atoms with van der Waals surface area (Å²) in [5, 5.41) is 1.85. The molecule has 132 valence electrons. The number of aromatic nitrogens is 3. The van der Waals surface area contributed by atoms with E-state index in [1.807, 2.05) is 24.3 Å². The van der Waals surface area contributed by atoms with Crippen molar-refractivity contribution >= 4 is 33.7 Å². The van der Waals surface area contributed by atoms with Crippen molar-refractivity contribution in [3.05, 3.63) is 64.7 Å². The van der Waals surface area contributed by atoms with Crippen molar-refractivity contribution in [1.82, 2.24) is 14.5 Å². The van der Waals surface area contributed by atoms with Crippen LogP contribution in [-0.2, 0) is 0 Å². The summed E-state index contributed by atoms with van der Waals surface area (Å²) in [5.41, 5.74) is 2.45. The molecule has 0 saturated heterocycles. The number of nitrogens with one attached hydrogen (secondary N) is 1. The minimum Gasteiger partial charge on any atom is -0.349 e. The Morgan fingerprint density at radius 3 is 2.65 bits per heavy atom. The number of nitrogens with zero attached hydrogens (tertiary/aromatic N) is 2. The topological polar surface area (TPSA) is 50.7 Å². The van der Waals surface area contributed by atoms with Crippen molar-refractivity contribution in [2.45, 2.75) is 30.7 Å². The molecule has 26 heavy (non-hydrogen) atoms. The minimum atomic E-state index is -0.336. The van der Waals surface area contributed by atoms with Gasteiger partial charge in [-0.05, 0) is 36.8 Å². The lowest BCUT2D eigenvalue weighted by atomic mass is 10.2. The van der Waals surface area contributed by atoms with Crippen molar-refractivity contribution in [2.24, 2.45) is 0 Å². The van der Waals surface area contributed by atoms with Crippen LogP contribution >= 0.6 is 11.8 Å². The average molecular weight is 367 g/mol. The van der Waals surface area contributed by atoms with Crippen molar-refractivity contribution in [3.63, 3.8) is 0 Å². The van der Waals surface area contributed by atoms with Gasteiger partial charge in [-0.25, -0.2) is 9.37 Å². The maximum absolute atomic E-state index is 13.3. The zero-order valence-corrected chi connectivity index (χ0v) is 15.3. The van der Waals surface area contributed by atoms with Gasteiger partial charge in [-0.1, -0.05) is 43.8 Å². The number of rotatable bonds is 4. The molecule has 1 unspecified atom stereocenters. The molecule has 0 aliphatic heterocycles. The lowest BCUT2D eigenvalue weighted by Gasteiger charge is -2.14. The maximum atomic E-state index is 13.3. The monoisotopic (exact) mass is 367 g/mol. The highest BCUT2D eigenvalue weighted by Gasteiger charge is 2.18. The predicted octanol–water partition coefficient (Wildman–Crippen LogP) is 4.90. The molecule has 2 heterocycles. The van der Waals surface area contributed by atoms with E-state index in [-0.39, 0.29) is 11.4 Å². The zero-order valence-electron chi connectivity index (χ0n) is 14.5. The normalized spacial score (nSPS) is 12.7. The lowest BCUT2D eigenvalue weighted by Crippen LogP contribution is -2.22. The summed E-state index contributed by atoms with van der Waals surface area (Å²) >= 11 is 1.55. The number of hydrogen-bond acceptors (Lipinski definition) is 3. The Morgan fingerprint density at radius 2 is 1.92 bits per heavy atom. The third-order valence-corrected chi connectivity index (χ3v) is 5.68. The fraction of sp³-hybridized carbons (Fsp3) is 0.200. The van der Waals surface area contributed by atoms with Crippen molar-refractivity contribution < 1.29 is 4.39 Å². The summed E-state index contributed by atoms with van der Waals surface area (Å²) in [7, 11) is 0. The summed E-state index contributed by atoms with van der Waals surface area (Å²) in [6.07, 6.45) is 0.954. The van der Waals surface area contributed by atoms with Crippen LogP contribution in [-0.4, -0.2) is 19.8 Å². The summed E-state index contributed by atoms with van der Waals surface area (Å²) < 4.78 is 14.9. The first kappa shape index (κ1) is 16.8. The molecule has 2 aromatic carbocycles. The molecule has 0 aliphatic rings. The molecule has 1 atom stereocenters. The van der Waals surface area contributed by atoms with E-state index in [1.54, 1.807) is 28.5 Å². The smallest absolute Gasteiger partial charge is 0.283 e. The van der Waals surface area contributed by atoms with Crippen molar-refractivity contribution in [3.8, 4) is 5.69 Å². The number of H-pyrrole nitrogens is 1. The highest BCUT2D eigenvalue weighted by Crippen LogP contribution is 2.29. The number of halogens is 1. The average Bonchev–Trinajstić information content (AvgIpc) is 3.02. The van der Waals surface area contributed by atoms with Crippen LogP contribution in [0.3, 0.4) is 0 Å². The van der Waals surface area contributed by atoms with Crippen LogP contribution in [0.2, 0.25) is 0 Å². The molecule has 0 spiro atoms. The lowest BCUT2D eigenvalue weighted by molar-refractivity contribution is 0.627. The van der Waals surface area contributed by atoms with Gasteiger partial charge in [-0.2, -0.15) is 0 Å². The van der Waals surface area contributed by atoms with Gasteiger partial charge in [0.1, 0.15) is 16.9 Å². The molecular weight excluding hydrogens is 349 g/mol. The van der Waals surface area contributed by atoms with Gasteiger partial charge in [0, 0.05) is 16.2 Å². The molecule has 6 heteroatoms. The fourth-order valence-corrected chi connectivity index (χ4v) is 3.87. The molecule has 0 radical (unpaired) electrons. The molecule has 0 aliphatic carbocycles. The van der Waals surface area contributed by atoms with Gasteiger partial charge in [-0.15, -0.1) is 0 Å². The summed E-state index contributed by atoms with van der Waals surface area (Å²) in [6.45, 7) is 4.20. The molecule has 0 fully saturated rings. The first-order valence-corrected chi connectivity index (χ1v) is 9.42. The molecule has 0 saturated carbocycles. The Labute approximate surface area is 154 Å². The van der Waals surface area contributed by atoms with Crippen molar-refractivity contribution in [2.75, 3.05) is 0 Å². The zero-order chi connectivity index (χ0) is 18.3. The van der Waals surface area contributed by atoms with Crippen LogP contribution in [0.15, 0.2) is 58.5 Å². The van der Waals surface area contributed by atoms with Crippen LogP contribution < -0.4 is 5.56 Å². The highest BCUT2D eigenvalue weighted by molar-refractivity contribution is 7.99. The molecule has 2 aromatic heterocycles. The minimum absolute atomic E-state index is 0.177. The maximum Gasteiger partial charge on any atom is 0.283 e. The SMILES string of the molecule is CCC(C)Sc1nc2c([nH]c3ccccc32)c(=O)n1-c1ccc(F)cc1. The molecule has 4 rings (SSSR count). The van der Waals surface area contributed by atoms with Gasteiger partial charge in [-0.3, -0.25) is 9.36 Å². The molecule has 0 amide bonds. The third-order valence-electron chi connectivity index (χ3n) is 4.46. The standard InChI is InChI=1S/C20H18FN3OS/c1-3-12(2)26-20-23-17-15-6-4-5-7-16(15)22-18(17)19(25)24(20)14-10-8-13(21)9-11-14/h4-12,22H,3H2,1-2H3. The Bertz CT molecular complexity index is 1150. The number of fused-ring (bicyclic) bond motifs is 3. The molecular formula is C20H18FN3OS. The van der Waals surface area contributed by atoms with Gasteiger partial charge in [0.15, 0.2) is 5.16 Å². The second-order valence-corrected chi connectivity index (χ2v) is 7.65. The van der Waals surface area contributed by atoms with Crippen LogP contribution in [0.5, 0.6) is 0 Å². The van der Waals surface area contributed by atoms with Gasteiger partial charge < -0.3 is 4.98 Å². The van der Waals surface area contributed by atoms with E-state index in [2.05, 4.69) is 18.8 Å². The van der Waals surface area contributed by atoms with Crippen molar-refractivity contribution in [1.29, 1.82) is 0 Å². The largest absolute Gasteiger partial charge is 0.349 e. The van der Waals surface area contributed by atoms with E-state index in [0.717, 1.165) is 17.3 Å². The van der Waals surface area contributed by atoms with Gasteiger partial charge in [0.05, 0.1) is 5.69 Å². The van der Waals surface area contributed by atoms with Crippen LogP contribution in [0.25, 0.3) is 27.6 Å². The number of aromatic amines is 1. The third kappa shape index (κ3) is 2.80. The van der Waals surface area contributed by atoms with Gasteiger partial charge in [0.25, 0.3) is 5.56 Å². The van der Waals surface area contributed by atoms with Crippen LogP contribution in [0, 0.1) is 5.82 Å². The first-order valence-electron chi connectivity index (χ1n) is 8.54. The van der Waals surface area contributed by atoms with Crippen LogP contribution in [0.4, 0.5) is 4.39 Å². The number of hydrogen-bond donors (Lipinski definition) is 1. The first-order chi connectivity index (χ1) is 12.6. The summed E-state index contributed by atoms with van der Waals surface area (Å²) in [5.74, 6) is -0.336. The summed E-state index contributed by atoms with van der Waals surface area (Å²) in [4.78, 5) is 21.3. The molecule has 0 bridgehead atoms. The Morgan fingerprint density at radius 1 is 1.19 bits per heavy atom. The molecule has 4 nitrogen and oxygen atoms in total. The van der Waals surface area contributed by atoms with Gasteiger partial charge >= 0.3 is 0 Å². The number of thioether (sulfide) groups is 1. The van der Waals surface area contributed by atoms with E-state index in [1.165, 1.54) is 12.1 Å². The quantitative estimate of drug-likeness (QED) is 0.412. The fourth-order valence-electron chi connectivity index (χ4n) is 2.90. The second kappa shape index (κ2) is 6.61. The van der Waals surface area contributed by atoms with E-state index < -0.39 is 0 Å². The van der Waals surface area contributed by atoms with E-state index >= 15 is 0 Å². The second-order valence-electron chi connectivity index (χ2n) is 6.24. The molecule has 4 aromatic rings. The Hall–Kier alpha value is -2.60. The van der Waals surface area contributed by atoms with E-state index in [0.29, 0.717) is 27.1 Å². The van der Waals surface area contributed by atoms with E-state index in [9.17, 15) is 9.18 Å². The number of para-hydroxylation sites is 1. The highest BCUT2D eigenvalue weighted by atomic mass is 32.2.